The first-order chi connectivity index (χ1) is 13.3. The van der Waals surface area contributed by atoms with Crippen molar-refractivity contribution in [1.29, 1.82) is 0 Å². The molecule has 28 heavy (non-hydrogen) atoms. The Hall–Kier alpha value is -0.0400. The second-order valence-electron chi connectivity index (χ2n) is 12.7. The highest BCUT2D eigenvalue weighted by molar-refractivity contribution is 5.09. The predicted octanol–water partition coefficient (Wildman–Crippen LogP) is 7.44. The van der Waals surface area contributed by atoms with Gasteiger partial charge in [0.05, 0.1) is 0 Å². The highest BCUT2D eigenvalue weighted by atomic mass is 14.7. The summed E-state index contributed by atoms with van der Waals surface area (Å²) < 4.78 is 0. The van der Waals surface area contributed by atoms with Gasteiger partial charge in [-0.2, -0.15) is 0 Å². The summed E-state index contributed by atoms with van der Waals surface area (Å²) >= 11 is 0. The third-order valence-corrected chi connectivity index (χ3v) is 10.9. The molecule has 1 nitrogen and oxygen atoms in total. The van der Waals surface area contributed by atoms with E-state index in [0.29, 0.717) is 16.9 Å². The zero-order chi connectivity index (χ0) is 20.1. The second-order valence-corrected chi connectivity index (χ2v) is 12.7. The van der Waals surface area contributed by atoms with E-state index < -0.39 is 0 Å². The third kappa shape index (κ3) is 3.50. The summed E-state index contributed by atoms with van der Waals surface area (Å²) in [6, 6.07) is 0.492. The molecule has 2 N–H and O–H groups in total. The molecule has 9 atom stereocenters. The summed E-state index contributed by atoms with van der Waals surface area (Å²) in [5.41, 5.74) is 7.64. The summed E-state index contributed by atoms with van der Waals surface area (Å²) in [5, 5.41) is 0. The molecule has 0 amide bonds. The van der Waals surface area contributed by atoms with Crippen molar-refractivity contribution >= 4 is 0 Å². The number of fused-ring (bicyclic) bond motifs is 5. The minimum Gasteiger partial charge on any atom is -0.328 e. The van der Waals surface area contributed by atoms with Crippen molar-refractivity contribution in [3.05, 3.63) is 0 Å². The van der Waals surface area contributed by atoms with Gasteiger partial charge in [-0.25, -0.2) is 0 Å². The maximum atomic E-state index is 6.39. The van der Waals surface area contributed by atoms with E-state index in [1.807, 2.05) is 0 Å². The van der Waals surface area contributed by atoms with Crippen LogP contribution < -0.4 is 5.73 Å². The minimum atomic E-state index is 0.492. The van der Waals surface area contributed by atoms with Crippen LogP contribution in [-0.4, -0.2) is 6.04 Å². The van der Waals surface area contributed by atoms with Gasteiger partial charge in [-0.15, -0.1) is 0 Å². The lowest BCUT2D eigenvalue weighted by Gasteiger charge is -2.61. The van der Waals surface area contributed by atoms with E-state index >= 15 is 0 Å². The molecule has 4 fully saturated rings. The average Bonchev–Trinajstić information content (AvgIpc) is 2.99. The topological polar surface area (TPSA) is 26.0 Å². The van der Waals surface area contributed by atoms with E-state index in [1.54, 1.807) is 0 Å². The Bertz CT molecular complexity index is 540. The van der Waals surface area contributed by atoms with Crippen LogP contribution in [0.2, 0.25) is 0 Å². The Morgan fingerprint density at radius 3 is 2.29 bits per heavy atom. The van der Waals surface area contributed by atoms with Crippen LogP contribution >= 0.6 is 0 Å². The van der Waals surface area contributed by atoms with E-state index in [2.05, 4.69) is 34.6 Å². The van der Waals surface area contributed by atoms with E-state index in [-0.39, 0.29) is 0 Å². The second kappa shape index (κ2) is 7.90. The number of hydrogen-bond donors (Lipinski definition) is 1. The van der Waals surface area contributed by atoms with Gasteiger partial charge >= 0.3 is 0 Å². The molecule has 0 aromatic carbocycles. The molecule has 0 aromatic rings. The minimum absolute atomic E-state index is 0.492. The Labute approximate surface area is 176 Å². The maximum absolute atomic E-state index is 6.39. The smallest absolute Gasteiger partial charge is 0.00418 e. The van der Waals surface area contributed by atoms with E-state index in [9.17, 15) is 0 Å². The van der Waals surface area contributed by atoms with Gasteiger partial charge in [0, 0.05) is 6.04 Å². The molecule has 3 unspecified atom stereocenters. The Kier molecular flexibility index (Phi) is 5.98. The molecule has 0 heterocycles. The van der Waals surface area contributed by atoms with Crippen molar-refractivity contribution in [2.75, 3.05) is 0 Å². The molecule has 0 bridgehead atoms. The molecule has 0 spiro atoms. The molecule has 4 rings (SSSR count). The van der Waals surface area contributed by atoms with Crippen molar-refractivity contribution in [1.82, 2.24) is 0 Å². The molecular formula is C27H49N. The number of nitrogens with two attached hydrogens (primary N) is 1. The largest absolute Gasteiger partial charge is 0.328 e. The Balaban J connectivity index is 1.46. The Morgan fingerprint density at radius 1 is 0.821 bits per heavy atom. The van der Waals surface area contributed by atoms with Crippen molar-refractivity contribution < 1.29 is 0 Å². The molecular weight excluding hydrogens is 338 g/mol. The van der Waals surface area contributed by atoms with Gasteiger partial charge in [0.2, 0.25) is 0 Å². The van der Waals surface area contributed by atoms with Gasteiger partial charge in [0.25, 0.3) is 0 Å². The first-order valence-electron chi connectivity index (χ1n) is 13.0. The molecule has 4 saturated carbocycles. The third-order valence-electron chi connectivity index (χ3n) is 10.9. The zero-order valence-electron chi connectivity index (χ0n) is 19.7. The lowest BCUT2D eigenvalue weighted by Crippen LogP contribution is -2.54. The number of rotatable bonds is 5. The van der Waals surface area contributed by atoms with Crippen LogP contribution in [0.25, 0.3) is 0 Å². The molecule has 0 saturated heterocycles. The van der Waals surface area contributed by atoms with Crippen LogP contribution in [0.1, 0.15) is 112 Å². The molecule has 162 valence electrons. The quantitative estimate of drug-likeness (QED) is 0.521. The van der Waals surface area contributed by atoms with Crippen LogP contribution in [0, 0.1) is 52.3 Å². The van der Waals surface area contributed by atoms with Crippen LogP contribution in [0.15, 0.2) is 0 Å². The van der Waals surface area contributed by atoms with Crippen LogP contribution in [0.4, 0.5) is 0 Å². The first-order valence-corrected chi connectivity index (χ1v) is 13.0. The molecule has 0 aromatic heterocycles. The van der Waals surface area contributed by atoms with Crippen LogP contribution in [0.3, 0.4) is 0 Å². The fourth-order valence-electron chi connectivity index (χ4n) is 9.32. The van der Waals surface area contributed by atoms with Gasteiger partial charge in [-0.1, -0.05) is 53.9 Å². The standard InChI is InChI=1S/C27H49N/c1-18(2)7-6-8-19(3)23-11-12-24-22-10-9-20-17-21(28)13-15-26(20,4)25(22)14-16-27(23,24)5/h18-25H,6-17,28H2,1-5H3/t19?,20?,21?,22-,23+,24-,25-,26-,27+/m0/s1. The van der Waals surface area contributed by atoms with Gasteiger partial charge in [-0.3, -0.25) is 0 Å². The normalized spacial score (nSPS) is 49.4. The van der Waals surface area contributed by atoms with Crippen molar-refractivity contribution in [3.8, 4) is 0 Å². The highest BCUT2D eigenvalue weighted by Gasteiger charge is 2.60. The van der Waals surface area contributed by atoms with Gasteiger partial charge < -0.3 is 5.73 Å². The van der Waals surface area contributed by atoms with E-state index in [4.69, 9.17) is 5.73 Å². The van der Waals surface area contributed by atoms with Gasteiger partial charge in [0.15, 0.2) is 0 Å². The predicted molar refractivity (Wildman–Crippen MR) is 121 cm³/mol. The molecule has 4 aliphatic carbocycles. The fourth-order valence-corrected chi connectivity index (χ4v) is 9.32. The first kappa shape index (κ1) is 21.2. The molecule has 0 aliphatic heterocycles. The number of hydrogen-bond acceptors (Lipinski definition) is 1. The maximum Gasteiger partial charge on any atom is 0.00418 e. The van der Waals surface area contributed by atoms with Gasteiger partial charge in [-0.05, 0) is 110 Å². The summed E-state index contributed by atoms with van der Waals surface area (Å²) in [5.74, 6) is 6.79. The highest BCUT2D eigenvalue weighted by Crippen LogP contribution is 2.68. The van der Waals surface area contributed by atoms with Crippen LogP contribution in [0.5, 0.6) is 0 Å². The van der Waals surface area contributed by atoms with Crippen molar-refractivity contribution in [3.63, 3.8) is 0 Å². The molecule has 4 aliphatic rings. The lowest BCUT2D eigenvalue weighted by molar-refractivity contribution is -0.116. The monoisotopic (exact) mass is 387 g/mol. The summed E-state index contributed by atoms with van der Waals surface area (Å²) in [6.45, 7) is 12.8. The Morgan fingerprint density at radius 2 is 1.54 bits per heavy atom. The average molecular weight is 388 g/mol. The zero-order valence-corrected chi connectivity index (χ0v) is 19.7. The summed E-state index contributed by atoms with van der Waals surface area (Å²) in [6.07, 6.45) is 17.5. The summed E-state index contributed by atoms with van der Waals surface area (Å²) in [7, 11) is 0. The summed E-state index contributed by atoms with van der Waals surface area (Å²) in [4.78, 5) is 0. The van der Waals surface area contributed by atoms with Crippen LogP contribution in [-0.2, 0) is 0 Å². The molecule has 1 heteroatoms. The SMILES string of the molecule is CC(C)CCCC(C)[C@H]1CC[C@H]2[C@@H]3CCC4CC(N)CC[C@]4(C)[C@H]3CC[C@]12C. The molecule has 0 radical (unpaired) electrons. The van der Waals surface area contributed by atoms with E-state index in [1.165, 1.54) is 77.0 Å². The van der Waals surface area contributed by atoms with Crippen molar-refractivity contribution in [2.24, 2.45) is 58.0 Å². The lowest BCUT2D eigenvalue weighted by atomic mass is 9.44. The fraction of sp³-hybridized carbons (Fsp3) is 1.00. The van der Waals surface area contributed by atoms with Crippen molar-refractivity contribution in [2.45, 2.75) is 118 Å². The van der Waals surface area contributed by atoms with Gasteiger partial charge in [0.1, 0.15) is 0 Å². The van der Waals surface area contributed by atoms with E-state index in [0.717, 1.165) is 41.4 Å².